The van der Waals surface area contributed by atoms with Crippen LogP contribution in [0.25, 0.3) is 72.7 Å². The van der Waals surface area contributed by atoms with E-state index in [4.69, 9.17) is 0 Å². The van der Waals surface area contributed by atoms with Crippen LogP contribution >= 0.6 is 22.7 Å². The highest BCUT2D eigenvalue weighted by atomic mass is 32.1. The maximum atomic E-state index is 2.49. The lowest BCUT2D eigenvalue weighted by atomic mass is 9.83. The van der Waals surface area contributed by atoms with Gasteiger partial charge in [0.1, 0.15) is 0 Å². The molecule has 60 heavy (non-hydrogen) atoms. The Morgan fingerprint density at radius 1 is 0.333 bits per heavy atom. The van der Waals surface area contributed by atoms with Gasteiger partial charge >= 0.3 is 0 Å². The second kappa shape index (κ2) is 13.4. The van der Waals surface area contributed by atoms with Crippen LogP contribution in [0.15, 0.2) is 188 Å². The third kappa shape index (κ3) is 5.52. The lowest BCUT2D eigenvalue weighted by Gasteiger charge is -2.32. The van der Waals surface area contributed by atoms with Gasteiger partial charge in [-0.2, -0.15) is 0 Å². The second-order valence-corrected chi connectivity index (χ2v) is 19.1. The van der Waals surface area contributed by atoms with Crippen LogP contribution in [0, 0.1) is 0 Å². The number of thiophene rings is 2. The van der Waals surface area contributed by atoms with E-state index in [1.807, 2.05) is 22.7 Å². The summed E-state index contributed by atoms with van der Waals surface area (Å²) in [6, 6.07) is 70.2. The smallest absolute Gasteiger partial charge is 0.0561 e. The number of hydrogen-bond donors (Lipinski definition) is 0. The van der Waals surface area contributed by atoms with E-state index in [1.165, 1.54) is 78.2 Å². The highest BCUT2D eigenvalue weighted by molar-refractivity contribution is 7.26. The first-order valence-corrected chi connectivity index (χ1v) is 22.3. The summed E-state index contributed by atoms with van der Waals surface area (Å²) in [5.41, 5.74) is 8.13. The van der Waals surface area contributed by atoms with Gasteiger partial charge in [0.15, 0.2) is 0 Å². The number of anilines is 6. The summed E-state index contributed by atoms with van der Waals surface area (Å²) >= 11 is 3.73. The molecule has 0 N–H and O–H groups in total. The minimum Gasteiger partial charge on any atom is -0.310 e. The van der Waals surface area contributed by atoms with Crippen LogP contribution in [-0.4, -0.2) is 0 Å². The SMILES string of the molecule is CC(C)(C)c1cc2ccc3c(N(c4ccccc4)c4ccc5sc6ccccc6c5c4)cc(N(c4ccccc4)c4ccc5sc6ccccc6c5c4)c4ccc(c1)c2c34. The first-order chi connectivity index (χ1) is 29.4. The van der Waals surface area contributed by atoms with Gasteiger partial charge in [0.05, 0.1) is 11.4 Å². The van der Waals surface area contributed by atoms with Gasteiger partial charge < -0.3 is 9.80 Å². The summed E-state index contributed by atoms with van der Waals surface area (Å²) in [6.07, 6.45) is 0. The number of fused-ring (bicyclic) bond motifs is 6. The zero-order chi connectivity index (χ0) is 40.1. The molecule has 0 spiro atoms. The molecule has 0 radical (unpaired) electrons. The van der Waals surface area contributed by atoms with Gasteiger partial charge in [-0.3, -0.25) is 0 Å². The first-order valence-electron chi connectivity index (χ1n) is 20.7. The third-order valence-electron chi connectivity index (χ3n) is 12.3. The summed E-state index contributed by atoms with van der Waals surface area (Å²) in [7, 11) is 0. The molecule has 0 atom stereocenters. The van der Waals surface area contributed by atoms with Crippen LogP contribution < -0.4 is 9.80 Å². The van der Waals surface area contributed by atoms with Gasteiger partial charge in [-0.25, -0.2) is 0 Å². The molecule has 0 aliphatic rings. The lowest BCUT2D eigenvalue weighted by molar-refractivity contribution is 0.591. The largest absolute Gasteiger partial charge is 0.310 e. The molecule has 286 valence electrons. The Hall–Kier alpha value is -6.72. The maximum Gasteiger partial charge on any atom is 0.0561 e. The summed E-state index contributed by atoms with van der Waals surface area (Å²) in [5, 5.41) is 12.7. The van der Waals surface area contributed by atoms with Crippen molar-refractivity contribution in [1.29, 1.82) is 0 Å². The standard InChI is InChI=1S/C56H40N2S2/c1-56(2,3)37-30-35-22-26-44-48(57(38-14-6-4-7-15-38)40-24-28-52-46(32-40)42-18-10-12-20-50(42)59-52)34-49(45-27-23-36(31-37)54(35)55(44)45)58(39-16-8-5-9-17-39)41-25-29-53-47(33-41)43-19-11-13-21-51(43)60-53/h4-34H,1-3H3. The Kier molecular flexibility index (Phi) is 7.87. The molecular weight excluding hydrogens is 765 g/mol. The molecule has 0 fully saturated rings. The molecule has 12 rings (SSSR count). The van der Waals surface area contributed by atoms with Crippen molar-refractivity contribution in [3.05, 3.63) is 194 Å². The Morgan fingerprint density at radius 2 is 0.767 bits per heavy atom. The van der Waals surface area contributed by atoms with Crippen molar-refractivity contribution in [2.75, 3.05) is 9.80 Å². The van der Waals surface area contributed by atoms with E-state index in [-0.39, 0.29) is 5.41 Å². The molecule has 4 heteroatoms. The second-order valence-electron chi connectivity index (χ2n) is 17.0. The predicted octanol–water partition coefficient (Wildman–Crippen LogP) is 17.6. The summed E-state index contributed by atoms with van der Waals surface area (Å²) in [4.78, 5) is 4.97. The Labute approximate surface area is 357 Å². The van der Waals surface area contributed by atoms with Crippen molar-refractivity contribution in [3.8, 4) is 0 Å². The fourth-order valence-corrected chi connectivity index (χ4v) is 11.6. The lowest BCUT2D eigenvalue weighted by Crippen LogP contribution is -2.14. The van der Waals surface area contributed by atoms with Crippen LogP contribution in [-0.2, 0) is 5.41 Å². The molecule has 2 nitrogen and oxygen atoms in total. The normalized spacial score (nSPS) is 12.2. The van der Waals surface area contributed by atoms with Crippen molar-refractivity contribution in [2.45, 2.75) is 26.2 Å². The van der Waals surface area contributed by atoms with E-state index in [9.17, 15) is 0 Å². The zero-order valence-corrected chi connectivity index (χ0v) is 35.2. The van der Waals surface area contributed by atoms with Gasteiger partial charge in [0.2, 0.25) is 0 Å². The fourth-order valence-electron chi connectivity index (χ4n) is 9.40. The first kappa shape index (κ1) is 35.2. The fraction of sp³-hybridized carbons (Fsp3) is 0.0714. The summed E-state index contributed by atoms with van der Waals surface area (Å²) in [6.45, 7) is 6.94. The molecule has 0 bridgehead atoms. The van der Waals surface area contributed by atoms with E-state index in [1.54, 1.807) is 0 Å². The van der Waals surface area contributed by atoms with E-state index in [0.717, 1.165) is 34.1 Å². The van der Waals surface area contributed by atoms with Crippen molar-refractivity contribution >= 4 is 129 Å². The van der Waals surface area contributed by atoms with Crippen molar-refractivity contribution < 1.29 is 0 Å². The van der Waals surface area contributed by atoms with E-state index >= 15 is 0 Å². The molecule has 0 aliphatic carbocycles. The Bertz CT molecular complexity index is 3370. The van der Waals surface area contributed by atoms with Crippen LogP contribution in [0.5, 0.6) is 0 Å². The van der Waals surface area contributed by atoms with Crippen LogP contribution in [0.2, 0.25) is 0 Å². The molecule has 0 saturated heterocycles. The molecule has 2 aromatic heterocycles. The van der Waals surface area contributed by atoms with Crippen molar-refractivity contribution in [1.82, 2.24) is 0 Å². The Morgan fingerprint density at radius 3 is 1.23 bits per heavy atom. The van der Waals surface area contributed by atoms with Crippen LogP contribution in [0.3, 0.4) is 0 Å². The molecule has 0 saturated carbocycles. The molecule has 0 amide bonds. The van der Waals surface area contributed by atoms with Crippen LogP contribution in [0.1, 0.15) is 26.3 Å². The van der Waals surface area contributed by atoms with Gasteiger partial charge in [-0.1, -0.05) is 130 Å². The number of rotatable bonds is 6. The van der Waals surface area contributed by atoms with Gasteiger partial charge in [0, 0.05) is 79.3 Å². The summed E-state index contributed by atoms with van der Waals surface area (Å²) in [5.74, 6) is 0. The van der Waals surface area contributed by atoms with Gasteiger partial charge in [0.25, 0.3) is 0 Å². The Balaban J connectivity index is 1.21. The highest BCUT2D eigenvalue weighted by Crippen LogP contribution is 2.52. The molecule has 0 aliphatic heterocycles. The molecule has 2 heterocycles. The van der Waals surface area contributed by atoms with E-state index < -0.39 is 0 Å². The average Bonchev–Trinajstić information content (AvgIpc) is 3.84. The minimum atomic E-state index is 0.0178. The summed E-state index contributed by atoms with van der Waals surface area (Å²) < 4.78 is 5.21. The van der Waals surface area contributed by atoms with Crippen LogP contribution in [0.4, 0.5) is 34.1 Å². The maximum absolute atomic E-state index is 2.49. The van der Waals surface area contributed by atoms with E-state index in [0.29, 0.717) is 0 Å². The highest BCUT2D eigenvalue weighted by Gasteiger charge is 2.26. The topological polar surface area (TPSA) is 6.48 Å². The number of benzene rings is 10. The molecule has 0 unspecified atom stereocenters. The molecule has 10 aromatic carbocycles. The van der Waals surface area contributed by atoms with Crippen molar-refractivity contribution in [2.24, 2.45) is 0 Å². The minimum absolute atomic E-state index is 0.0178. The zero-order valence-electron chi connectivity index (χ0n) is 33.6. The number of hydrogen-bond acceptors (Lipinski definition) is 4. The van der Waals surface area contributed by atoms with E-state index in [2.05, 4.69) is 219 Å². The monoisotopic (exact) mass is 804 g/mol. The van der Waals surface area contributed by atoms with Gasteiger partial charge in [-0.15, -0.1) is 22.7 Å². The quantitative estimate of drug-likeness (QED) is 0.155. The van der Waals surface area contributed by atoms with Gasteiger partial charge in [-0.05, 0) is 106 Å². The molecular formula is C56H40N2S2. The van der Waals surface area contributed by atoms with Crippen molar-refractivity contribution in [3.63, 3.8) is 0 Å². The predicted molar refractivity (Wildman–Crippen MR) is 264 cm³/mol. The number of nitrogens with zero attached hydrogens (tertiary/aromatic N) is 2. The average molecular weight is 805 g/mol. The number of para-hydroxylation sites is 2. The molecule has 12 aromatic rings. The third-order valence-corrected chi connectivity index (χ3v) is 14.6.